The largest absolute Gasteiger partial charge is 0.573 e. The van der Waals surface area contributed by atoms with Crippen molar-refractivity contribution in [1.82, 2.24) is 14.9 Å². The van der Waals surface area contributed by atoms with Crippen LogP contribution in [0.4, 0.5) is 22.4 Å². The van der Waals surface area contributed by atoms with Gasteiger partial charge < -0.3 is 9.47 Å². The number of hydrogen-bond acceptors (Lipinski definition) is 5. The van der Waals surface area contributed by atoms with Crippen LogP contribution in [-0.2, 0) is 13.1 Å². The Hall–Kier alpha value is -3.69. The molecule has 2 aromatic carbocycles. The van der Waals surface area contributed by atoms with Gasteiger partial charge in [0.25, 0.3) is 0 Å². The number of halogens is 4. The van der Waals surface area contributed by atoms with E-state index in [0.29, 0.717) is 22.5 Å². The minimum Gasteiger partial charge on any atom is -0.407 e. The number of fused-ring (bicyclic) bond motifs is 1. The summed E-state index contributed by atoms with van der Waals surface area (Å²) in [7, 11) is 0. The normalized spacial score (nSPS) is 13.6. The molecule has 0 unspecified atom stereocenters. The molecule has 1 aliphatic rings. The first kappa shape index (κ1) is 20.6. The van der Waals surface area contributed by atoms with E-state index in [4.69, 9.17) is 4.74 Å². The Morgan fingerprint density at radius 1 is 1.13 bits per heavy atom. The van der Waals surface area contributed by atoms with Gasteiger partial charge in [0.15, 0.2) is 11.6 Å². The molecule has 160 valence electrons. The fraction of sp³-hybridized carbons (Fsp3) is 0.190. The Morgan fingerprint density at radius 3 is 2.55 bits per heavy atom. The molecule has 0 saturated carbocycles. The maximum absolute atomic E-state index is 14.7. The van der Waals surface area contributed by atoms with Gasteiger partial charge in [-0.3, -0.25) is 4.90 Å². The number of carbonyl (C=O) groups excluding carboxylic acids is 1. The van der Waals surface area contributed by atoms with E-state index in [9.17, 15) is 22.4 Å². The van der Waals surface area contributed by atoms with Crippen LogP contribution in [0, 0.1) is 12.7 Å². The number of ether oxygens (including phenoxy) is 2. The molecule has 0 N–H and O–H groups in total. The molecule has 0 atom stereocenters. The second kappa shape index (κ2) is 7.86. The molecule has 6 nitrogen and oxygen atoms in total. The zero-order valence-corrected chi connectivity index (χ0v) is 16.1. The van der Waals surface area contributed by atoms with E-state index in [-0.39, 0.29) is 30.2 Å². The van der Waals surface area contributed by atoms with E-state index in [1.165, 1.54) is 48.5 Å². The topological polar surface area (TPSA) is 64.6 Å². The average Bonchev–Trinajstić information content (AvgIpc) is 2.70. The summed E-state index contributed by atoms with van der Waals surface area (Å²) in [5.41, 5.74) is 1.57. The van der Waals surface area contributed by atoms with Crippen LogP contribution >= 0.6 is 0 Å². The van der Waals surface area contributed by atoms with Crippen molar-refractivity contribution in [3.63, 3.8) is 0 Å². The third-order valence-electron chi connectivity index (χ3n) is 4.61. The standard InChI is InChI=1S/C21H15F4N3O3/c1-12-7-13(3-4-17(12)31-21(23,24)25)14-8-15-10-28(11-18-26-5-2-6-27-18)20(29)30-19(15)16(22)9-14/h2-9H,10-11H2,1H3. The van der Waals surface area contributed by atoms with Gasteiger partial charge in [0.2, 0.25) is 0 Å². The number of carbonyl (C=O) groups is 1. The molecule has 4 rings (SSSR count). The SMILES string of the molecule is Cc1cc(-c2cc(F)c3c(c2)CN(Cc2ncccn2)C(=O)O3)ccc1OC(F)(F)F. The van der Waals surface area contributed by atoms with Gasteiger partial charge in [0.05, 0.1) is 13.1 Å². The lowest BCUT2D eigenvalue weighted by atomic mass is 9.99. The van der Waals surface area contributed by atoms with Crippen molar-refractivity contribution in [3.05, 3.63) is 71.6 Å². The summed E-state index contributed by atoms with van der Waals surface area (Å²) in [6.07, 6.45) is -2.45. The first-order chi connectivity index (χ1) is 14.7. The van der Waals surface area contributed by atoms with Crippen molar-refractivity contribution < 1.29 is 31.8 Å². The zero-order valence-electron chi connectivity index (χ0n) is 16.1. The summed E-state index contributed by atoms with van der Waals surface area (Å²) in [5.74, 6) is -0.856. The highest BCUT2D eigenvalue weighted by atomic mass is 19.4. The molecule has 0 aliphatic carbocycles. The molecule has 31 heavy (non-hydrogen) atoms. The van der Waals surface area contributed by atoms with Gasteiger partial charge in [-0.25, -0.2) is 19.2 Å². The molecule has 10 heteroatoms. The summed E-state index contributed by atoms with van der Waals surface area (Å²) in [6.45, 7) is 1.60. The minimum absolute atomic E-state index is 0.0609. The minimum atomic E-state index is -4.81. The maximum atomic E-state index is 14.7. The Kier molecular flexibility index (Phi) is 5.22. The third-order valence-corrected chi connectivity index (χ3v) is 4.61. The van der Waals surface area contributed by atoms with Crippen molar-refractivity contribution in [1.29, 1.82) is 0 Å². The molecular formula is C21H15F4N3O3. The van der Waals surface area contributed by atoms with E-state index in [0.717, 1.165) is 0 Å². The summed E-state index contributed by atoms with van der Waals surface area (Å²) < 4.78 is 61.2. The maximum Gasteiger partial charge on any atom is 0.573 e. The monoisotopic (exact) mass is 433 g/mol. The highest BCUT2D eigenvalue weighted by molar-refractivity contribution is 5.75. The Labute approximate surface area is 174 Å². The molecule has 0 bridgehead atoms. The molecule has 0 radical (unpaired) electrons. The molecule has 2 heterocycles. The average molecular weight is 433 g/mol. The van der Waals surface area contributed by atoms with Gasteiger partial charge in [-0.1, -0.05) is 6.07 Å². The molecule has 1 aromatic heterocycles. The van der Waals surface area contributed by atoms with Crippen molar-refractivity contribution in [2.75, 3.05) is 0 Å². The predicted molar refractivity (Wildman–Crippen MR) is 101 cm³/mol. The molecular weight excluding hydrogens is 418 g/mol. The third kappa shape index (κ3) is 4.57. The number of alkyl halides is 3. The van der Waals surface area contributed by atoms with E-state index in [1.54, 1.807) is 12.1 Å². The van der Waals surface area contributed by atoms with Crippen LogP contribution < -0.4 is 9.47 Å². The number of nitrogens with zero attached hydrogens (tertiary/aromatic N) is 3. The lowest BCUT2D eigenvalue weighted by Gasteiger charge is -2.28. The molecule has 1 amide bonds. The van der Waals surface area contributed by atoms with Gasteiger partial charge in [0, 0.05) is 18.0 Å². The first-order valence-electron chi connectivity index (χ1n) is 9.11. The molecule has 1 aliphatic heterocycles. The molecule has 0 fully saturated rings. The van der Waals surface area contributed by atoms with Crippen LogP contribution in [0.1, 0.15) is 17.0 Å². The highest BCUT2D eigenvalue weighted by Crippen LogP contribution is 2.36. The summed E-state index contributed by atoms with van der Waals surface area (Å²) in [4.78, 5) is 21.7. The van der Waals surface area contributed by atoms with Crippen molar-refractivity contribution in [3.8, 4) is 22.6 Å². The van der Waals surface area contributed by atoms with Crippen LogP contribution in [0.3, 0.4) is 0 Å². The van der Waals surface area contributed by atoms with Crippen LogP contribution in [0.5, 0.6) is 11.5 Å². The first-order valence-corrected chi connectivity index (χ1v) is 9.11. The number of aryl methyl sites for hydroxylation is 1. The number of rotatable bonds is 4. The van der Waals surface area contributed by atoms with Gasteiger partial charge >= 0.3 is 12.5 Å². The predicted octanol–water partition coefficient (Wildman–Crippen LogP) is 5.00. The van der Waals surface area contributed by atoms with E-state index >= 15 is 0 Å². The van der Waals surface area contributed by atoms with Gasteiger partial charge in [-0.05, 0) is 53.9 Å². The van der Waals surface area contributed by atoms with Crippen LogP contribution in [0.15, 0.2) is 48.8 Å². The van der Waals surface area contributed by atoms with E-state index < -0.39 is 18.3 Å². The second-order valence-electron chi connectivity index (χ2n) is 6.86. The number of benzene rings is 2. The van der Waals surface area contributed by atoms with Gasteiger partial charge in [0.1, 0.15) is 11.6 Å². The number of aromatic nitrogens is 2. The van der Waals surface area contributed by atoms with Gasteiger partial charge in [-0.2, -0.15) is 0 Å². The van der Waals surface area contributed by atoms with Crippen molar-refractivity contribution in [2.45, 2.75) is 26.4 Å². The molecule has 3 aromatic rings. The Bertz CT molecular complexity index is 1140. The van der Waals surface area contributed by atoms with E-state index in [2.05, 4.69) is 14.7 Å². The van der Waals surface area contributed by atoms with E-state index in [1.807, 2.05) is 0 Å². The van der Waals surface area contributed by atoms with Gasteiger partial charge in [-0.15, -0.1) is 13.2 Å². The van der Waals surface area contributed by atoms with Crippen LogP contribution in [0.2, 0.25) is 0 Å². The Morgan fingerprint density at radius 2 is 1.87 bits per heavy atom. The van der Waals surface area contributed by atoms with Crippen molar-refractivity contribution >= 4 is 6.09 Å². The molecule has 0 saturated heterocycles. The Balaban J connectivity index is 1.63. The second-order valence-corrected chi connectivity index (χ2v) is 6.86. The highest BCUT2D eigenvalue weighted by Gasteiger charge is 2.32. The smallest absolute Gasteiger partial charge is 0.407 e. The van der Waals surface area contributed by atoms with Crippen molar-refractivity contribution in [2.24, 2.45) is 0 Å². The quantitative estimate of drug-likeness (QED) is 0.542. The number of hydrogen-bond donors (Lipinski definition) is 0. The zero-order chi connectivity index (χ0) is 22.2. The number of amides is 1. The lowest BCUT2D eigenvalue weighted by Crippen LogP contribution is -2.37. The fourth-order valence-corrected chi connectivity index (χ4v) is 3.24. The summed E-state index contributed by atoms with van der Waals surface area (Å²) in [6, 6.07) is 8.48. The summed E-state index contributed by atoms with van der Waals surface area (Å²) in [5, 5.41) is 0. The fourth-order valence-electron chi connectivity index (χ4n) is 3.24. The molecule has 0 spiro atoms. The van der Waals surface area contributed by atoms with Crippen LogP contribution in [0.25, 0.3) is 11.1 Å². The summed E-state index contributed by atoms with van der Waals surface area (Å²) >= 11 is 0. The lowest BCUT2D eigenvalue weighted by molar-refractivity contribution is -0.274. The van der Waals surface area contributed by atoms with Crippen LogP contribution in [-0.4, -0.2) is 27.3 Å².